The van der Waals surface area contributed by atoms with Gasteiger partial charge in [-0.05, 0) is 47.4 Å². The fraction of sp³-hybridized carbons (Fsp3) is 0.278. The minimum Gasteiger partial charge on any atom is -0.367 e. The summed E-state index contributed by atoms with van der Waals surface area (Å²) in [4.78, 5) is 0. The van der Waals surface area contributed by atoms with Crippen LogP contribution in [-0.4, -0.2) is 0 Å². The summed E-state index contributed by atoms with van der Waals surface area (Å²) >= 11 is 0. The molecule has 0 amide bonds. The third-order valence-corrected chi connectivity index (χ3v) is 4.39. The largest absolute Gasteiger partial charge is 0.367 e. The third kappa shape index (κ3) is 2.29. The normalized spacial score (nSPS) is 19.3. The molecule has 0 aromatic heterocycles. The van der Waals surface area contributed by atoms with Gasteiger partial charge in [0.05, 0.1) is 23.8 Å². The van der Waals surface area contributed by atoms with Gasteiger partial charge in [0, 0.05) is 0 Å². The number of fused-ring (bicyclic) bond motifs is 1. The maximum Gasteiger partial charge on any atom is 0.123 e. The van der Waals surface area contributed by atoms with E-state index in [0.717, 1.165) is 16.7 Å². The summed E-state index contributed by atoms with van der Waals surface area (Å²) in [5.41, 5.74) is 9.38. The maximum atomic E-state index is 13.2. The number of hydrogen-bond donors (Lipinski definition) is 1. The summed E-state index contributed by atoms with van der Waals surface area (Å²) in [6.07, 6.45) is 0.355. The molecule has 1 aliphatic heterocycles. The number of ether oxygens (including phenoxy) is 1. The zero-order valence-corrected chi connectivity index (χ0v) is 12.3. The second-order valence-electron chi connectivity index (χ2n) is 5.62. The average molecular weight is 296 g/mol. The van der Waals surface area contributed by atoms with Crippen molar-refractivity contribution in [2.75, 3.05) is 0 Å². The molecule has 1 aliphatic rings. The highest BCUT2D eigenvalue weighted by Gasteiger charge is 2.41. The van der Waals surface area contributed by atoms with Crippen molar-refractivity contribution in [2.45, 2.75) is 31.6 Å². The molecule has 2 aromatic rings. The molecular formula is C18H17FN2O. The molecule has 3 nitrogen and oxygen atoms in total. The van der Waals surface area contributed by atoms with Crippen LogP contribution in [0.2, 0.25) is 0 Å². The fourth-order valence-electron chi connectivity index (χ4n) is 3.05. The molecule has 0 fully saturated rings. The number of halogens is 1. The monoisotopic (exact) mass is 296 g/mol. The van der Waals surface area contributed by atoms with Gasteiger partial charge in [0.2, 0.25) is 0 Å². The zero-order valence-electron chi connectivity index (χ0n) is 12.3. The standard InChI is InChI=1S/C18H17FN2O/c1-2-18(21,14-4-6-15(19)7-5-14)17-16-8-3-12(10-20)9-13(16)11-22-17/h3-9,17H,2,11,21H2,1H3. The average Bonchev–Trinajstić information content (AvgIpc) is 2.98. The Kier molecular flexibility index (Phi) is 3.69. The first-order valence-corrected chi connectivity index (χ1v) is 7.28. The van der Waals surface area contributed by atoms with Crippen molar-refractivity contribution in [1.29, 1.82) is 5.26 Å². The van der Waals surface area contributed by atoms with Crippen molar-refractivity contribution in [3.8, 4) is 6.07 Å². The number of hydrogen-bond acceptors (Lipinski definition) is 3. The van der Waals surface area contributed by atoms with E-state index in [2.05, 4.69) is 6.07 Å². The Labute approximate surface area is 129 Å². The minimum atomic E-state index is -0.729. The quantitative estimate of drug-likeness (QED) is 0.942. The van der Waals surface area contributed by atoms with Crippen LogP contribution in [0.3, 0.4) is 0 Å². The molecule has 2 atom stereocenters. The summed E-state index contributed by atoms with van der Waals surface area (Å²) in [7, 11) is 0. The molecule has 2 aromatic carbocycles. The molecule has 2 unspecified atom stereocenters. The second-order valence-corrected chi connectivity index (χ2v) is 5.62. The number of nitrogens with zero attached hydrogens (tertiary/aromatic N) is 1. The smallest absolute Gasteiger partial charge is 0.123 e. The Hall–Kier alpha value is -2.22. The SMILES string of the molecule is CCC(N)(c1ccc(F)cc1)C1OCc2cc(C#N)ccc21. The maximum absolute atomic E-state index is 13.2. The summed E-state index contributed by atoms with van der Waals surface area (Å²) in [5, 5.41) is 8.99. The Morgan fingerprint density at radius 2 is 2.05 bits per heavy atom. The lowest BCUT2D eigenvalue weighted by atomic mass is 9.79. The molecule has 0 bridgehead atoms. The van der Waals surface area contributed by atoms with Gasteiger partial charge < -0.3 is 10.5 Å². The van der Waals surface area contributed by atoms with Crippen LogP contribution in [0.15, 0.2) is 42.5 Å². The van der Waals surface area contributed by atoms with E-state index < -0.39 is 5.54 Å². The molecule has 0 saturated carbocycles. The van der Waals surface area contributed by atoms with Gasteiger partial charge in [-0.1, -0.05) is 25.1 Å². The Bertz CT molecular complexity index is 736. The van der Waals surface area contributed by atoms with Crippen molar-refractivity contribution in [3.63, 3.8) is 0 Å². The second kappa shape index (κ2) is 5.53. The molecule has 2 N–H and O–H groups in total. The molecule has 0 spiro atoms. The van der Waals surface area contributed by atoms with E-state index in [-0.39, 0.29) is 11.9 Å². The molecule has 1 heterocycles. The fourth-order valence-corrected chi connectivity index (χ4v) is 3.05. The molecular weight excluding hydrogens is 279 g/mol. The molecule has 112 valence electrons. The summed E-state index contributed by atoms with van der Waals surface area (Å²) < 4.78 is 19.1. The molecule has 0 saturated heterocycles. The highest BCUT2D eigenvalue weighted by Crippen LogP contribution is 2.44. The Morgan fingerprint density at radius 1 is 1.32 bits per heavy atom. The number of rotatable bonds is 3. The van der Waals surface area contributed by atoms with Crippen LogP contribution in [0.4, 0.5) is 4.39 Å². The van der Waals surface area contributed by atoms with Crippen LogP contribution < -0.4 is 5.73 Å². The first-order chi connectivity index (χ1) is 10.6. The summed E-state index contributed by atoms with van der Waals surface area (Å²) in [6.45, 7) is 2.43. The lowest BCUT2D eigenvalue weighted by Crippen LogP contribution is -2.42. The topological polar surface area (TPSA) is 59.0 Å². The van der Waals surface area contributed by atoms with Gasteiger partial charge in [0.15, 0.2) is 0 Å². The van der Waals surface area contributed by atoms with Crippen LogP contribution in [0.25, 0.3) is 0 Å². The van der Waals surface area contributed by atoms with Gasteiger partial charge in [-0.15, -0.1) is 0 Å². The Balaban J connectivity index is 2.03. The lowest BCUT2D eigenvalue weighted by Gasteiger charge is -2.35. The van der Waals surface area contributed by atoms with Crippen molar-refractivity contribution in [1.82, 2.24) is 0 Å². The first-order valence-electron chi connectivity index (χ1n) is 7.28. The highest BCUT2D eigenvalue weighted by molar-refractivity contribution is 5.43. The van der Waals surface area contributed by atoms with Gasteiger partial charge in [-0.3, -0.25) is 0 Å². The van der Waals surface area contributed by atoms with E-state index in [0.29, 0.717) is 18.6 Å². The van der Waals surface area contributed by atoms with E-state index in [1.165, 1.54) is 12.1 Å². The van der Waals surface area contributed by atoms with Crippen molar-refractivity contribution in [3.05, 3.63) is 70.5 Å². The number of nitrogens with two attached hydrogens (primary N) is 1. The molecule has 0 aliphatic carbocycles. The van der Waals surface area contributed by atoms with Crippen LogP contribution in [0.5, 0.6) is 0 Å². The van der Waals surface area contributed by atoms with E-state index in [1.54, 1.807) is 18.2 Å². The van der Waals surface area contributed by atoms with Crippen LogP contribution in [-0.2, 0) is 16.9 Å². The number of benzene rings is 2. The van der Waals surface area contributed by atoms with Crippen LogP contribution in [0, 0.1) is 17.1 Å². The van der Waals surface area contributed by atoms with E-state index in [1.807, 2.05) is 19.1 Å². The summed E-state index contributed by atoms with van der Waals surface area (Å²) in [6, 6.07) is 13.9. The zero-order chi connectivity index (χ0) is 15.7. The van der Waals surface area contributed by atoms with Crippen LogP contribution >= 0.6 is 0 Å². The van der Waals surface area contributed by atoms with Gasteiger partial charge in [0.1, 0.15) is 11.9 Å². The van der Waals surface area contributed by atoms with Crippen molar-refractivity contribution >= 4 is 0 Å². The van der Waals surface area contributed by atoms with Gasteiger partial charge in [-0.25, -0.2) is 4.39 Å². The molecule has 3 rings (SSSR count). The van der Waals surface area contributed by atoms with E-state index >= 15 is 0 Å². The molecule has 4 heteroatoms. The van der Waals surface area contributed by atoms with Gasteiger partial charge >= 0.3 is 0 Å². The first kappa shape index (κ1) is 14.7. The third-order valence-electron chi connectivity index (χ3n) is 4.39. The highest BCUT2D eigenvalue weighted by atomic mass is 19.1. The van der Waals surface area contributed by atoms with Gasteiger partial charge in [0.25, 0.3) is 0 Å². The molecule has 0 radical (unpaired) electrons. The minimum absolute atomic E-state index is 0.284. The van der Waals surface area contributed by atoms with Gasteiger partial charge in [-0.2, -0.15) is 5.26 Å². The van der Waals surface area contributed by atoms with E-state index in [9.17, 15) is 4.39 Å². The van der Waals surface area contributed by atoms with Crippen LogP contribution in [0.1, 0.15) is 41.7 Å². The number of nitriles is 1. The predicted molar refractivity (Wildman–Crippen MR) is 81.2 cm³/mol. The summed E-state index contributed by atoms with van der Waals surface area (Å²) in [5.74, 6) is -0.284. The molecule has 22 heavy (non-hydrogen) atoms. The Morgan fingerprint density at radius 3 is 2.68 bits per heavy atom. The van der Waals surface area contributed by atoms with Crippen molar-refractivity contribution < 1.29 is 9.13 Å². The predicted octanol–water partition coefficient (Wildman–Crippen LogP) is 3.53. The van der Waals surface area contributed by atoms with E-state index in [4.69, 9.17) is 15.7 Å². The lowest BCUT2D eigenvalue weighted by molar-refractivity contribution is 0.00456. The van der Waals surface area contributed by atoms with Crippen molar-refractivity contribution in [2.24, 2.45) is 5.73 Å².